The van der Waals surface area contributed by atoms with Gasteiger partial charge in [-0.2, -0.15) is 0 Å². The maximum Gasteiger partial charge on any atom is 0.126 e. The van der Waals surface area contributed by atoms with Gasteiger partial charge in [0.2, 0.25) is 0 Å². The van der Waals surface area contributed by atoms with E-state index in [-0.39, 0.29) is 23.4 Å². The standard InChI is InChI=1S/C15H25FN2O/c1-6-19-14(15(3,4)5)13(18-17)11-8-7-10(2)12(16)9-11/h7-9,13-14,18H,6,17H2,1-5H3. The molecule has 0 saturated carbocycles. The van der Waals surface area contributed by atoms with Gasteiger partial charge in [-0.3, -0.25) is 11.3 Å². The average Bonchev–Trinajstić information content (AvgIpc) is 2.32. The Morgan fingerprint density at radius 1 is 1.37 bits per heavy atom. The van der Waals surface area contributed by atoms with Crippen molar-refractivity contribution in [2.24, 2.45) is 11.3 Å². The lowest BCUT2D eigenvalue weighted by Crippen LogP contribution is -2.44. The van der Waals surface area contributed by atoms with Crippen molar-refractivity contribution in [3.05, 3.63) is 35.1 Å². The zero-order chi connectivity index (χ0) is 14.6. The molecule has 0 bridgehead atoms. The molecule has 3 N–H and O–H groups in total. The highest BCUT2D eigenvalue weighted by Gasteiger charge is 2.33. The highest BCUT2D eigenvalue weighted by Crippen LogP contribution is 2.33. The number of nitrogens with one attached hydrogen (secondary N) is 1. The summed E-state index contributed by atoms with van der Waals surface area (Å²) in [6, 6.07) is 4.94. The largest absolute Gasteiger partial charge is 0.376 e. The first-order chi connectivity index (χ1) is 8.81. The van der Waals surface area contributed by atoms with Gasteiger partial charge in [-0.25, -0.2) is 4.39 Å². The minimum Gasteiger partial charge on any atom is -0.376 e. The van der Waals surface area contributed by atoms with Crippen molar-refractivity contribution in [1.29, 1.82) is 0 Å². The quantitative estimate of drug-likeness (QED) is 0.637. The fourth-order valence-corrected chi connectivity index (χ4v) is 2.19. The first-order valence-electron chi connectivity index (χ1n) is 6.65. The number of rotatable bonds is 5. The van der Waals surface area contributed by atoms with Gasteiger partial charge in [-0.15, -0.1) is 0 Å². The van der Waals surface area contributed by atoms with Crippen molar-refractivity contribution in [2.75, 3.05) is 6.61 Å². The van der Waals surface area contributed by atoms with Crippen LogP contribution in [0.15, 0.2) is 18.2 Å². The van der Waals surface area contributed by atoms with E-state index < -0.39 is 0 Å². The Morgan fingerprint density at radius 3 is 2.42 bits per heavy atom. The van der Waals surface area contributed by atoms with E-state index in [0.29, 0.717) is 12.2 Å². The van der Waals surface area contributed by atoms with E-state index in [4.69, 9.17) is 10.6 Å². The first kappa shape index (κ1) is 16.1. The lowest BCUT2D eigenvalue weighted by Gasteiger charge is -2.36. The number of ether oxygens (including phenoxy) is 1. The van der Waals surface area contributed by atoms with Gasteiger partial charge in [0.05, 0.1) is 12.1 Å². The summed E-state index contributed by atoms with van der Waals surface area (Å²) in [6.45, 7) is 10.5. The van der Waals surface area contributed by atoms with E-state index in [1.165, 1.54) is 6.07 Å². The molecule has 0 amide bonds. The monoisotopic (exact) mass is 268 g/mol. The summed E-state index contributed by atoms with van der Waals surface area (Å²) in [4.78, 5) is 0. The summed E-state index contributed by atoms with van der Waals surface area (Å²) in [5, 5.41) is 0. The molecule has 0 fully saturated rings. The molecule has 1 rings (SSSR count). The molecule has 0 aromatic heterocycles. The van der Waals surface area contributed by atoms with E-state index in [9.17, 15) is 4.39 Å². The number of hydrazine groups is 1. The number of benzene rings is 1. The molecule has 2 unspecified atom stereocenters. The zero-order valence-corrected chi connectivity index (χ0v) is 12.5. The summed E-state index contributed by atoms with van der Waals surface area (Å²) in [5.41, 5.74) is 4.09. The molecule has 0 saturated heterocycles. The third kappa shape index (κ3) is 4.00. The second-order valence-corrected chi connectivity index (χ2v) is 5.89. The molecule has 4 heteroatoms. The summed E-state index contributed by atoms with van der Waals surface area (Å²) in [7, 11) is 0. The van der Waals surface area contributed by atoms with Gasteiger partial charge in [0.1, 0.15) is 5.82 Å². The maximum atomic E-state index is 13.7. The molecular weight excluding hydrogens is 243 g/mol. The topological polar surface area (TPSA) is 47.3 Å². The van der Waals surface area contributed by atoms with Crippen LogP contribution in [-0.4, -0.2) is 12.7 Å². The Bertz CT molecular complexity index is 415. The van der Waals surface area contributed by atoms with Crippen molar-refractivity contribution in [3.8, 4) is 0 Å². The van der Waals surface area contributed by atoms with Gasteiger partial charge in [0.25, 0.3) is 0 Å². The fourth-order valence-electron chi connectivity index (χ4n) is 2.19. The van der Waals surface area contributed by atoms with Crippen molar-refractivity contribution in [2.45, 2.75) is 46.8 Å². The van der Waals surface area contributed by atoms with Crippen LogP contribution < -0.4 is 11.3 Å². The van der Waals surface area contributed by atoms with Gasteiger partial charge < -0.3 is 4.74 Å². The molecule has 1 aromatic rings. The molecule has 0 heterocycles. The van der Waals surface area contributed by atoms with Crippen LogP contribution in [0.1, 0.15) is 44.9 Å². The first-order valence-corrected chi connectivity index (χ1v) is 6.65. The molecule has 0 aliphatic carbocycles. The third-order valence-corrected chi connectivity index (χ3v) is 3.24. The molecule has 1 aromatic carbocycles. The number of nitrogens with two attached hydrogens (primary N) is 1. The smallest absolute Gasteiger partial charge is 0.126 e. The Hall–Kier alpha value is -0.970. The second kappa shape index (κ2) is 6.46. The molecule has 0 aliphatic rings. The summed E-state index contributed by atoms with van der Waals surface area (Å²) in [6.07, 6.45) is -0.135. The molecule has 19 heavy (non-hydrogen) atoms. The molecule has 3 nitrogen and oxygen atoms in total. The number of hydrogen-bond acceptors (Lipinski definition) is 3. The Kier molecular flexibility index (Phi) is 5.47. The molecule has 0 aliphatic heterocycles. The van der Waals surface area contributed by atoms with Crippen LogP contribution in [-0.2, 0) is 4.74 Å². The minimum absolute atomic E-state index is 0.103. The van der Waals surface area contributed by atoms with Crippen molar-refractivity contribution >= 4 is 0 Å². The Balaban J connectivity index is 3.12. The normalized spacial score (nSPS) is 15.3. The van der Waals surface area contributed by atoms with Crippen LogP contribution in [0, 0.1) is 18.2 Å². The van der Waals surface area contributed by atoms with Crippen LogP contribution in [0.2, 0.25) is 0 Å². The molecular formula is C15H25FN2O. The minimum atomic E-state index is -0.241. The van der Waals surface area contributed by atoms with E-state index in [0.717, 1.165) is 5.56 Å². The number of aryl methyl sites for hydroxylation is 1. The molecule has 0 spiro atoms. The van der Waals surface area contributed by atoms with Gasteiger partial charge in [-0.05, 0) is 36.5 Å². The van der Waals surface area contributed by atoms with Crippen LogP contribution in [0.4, 0.5) is 4.39 Å². The van der Waals surface area contributed by atoms with Gasteiger partial charge in [0.15, 0.2) is 0 Å². The number of hydrogen-bond donors (Lipinski definition) is 2. The number of halogens is 1. The molecule has 2 atom stereocenters. The third-order valence-electron chi connectivity index (χ3n) is 3.24. The van der Waals surface area contributed by atoms with E-state index in [1.54, 1.807) is 13.0 Å². The van der Waals surface area contributed by atoms with E-state index >= 15 is 0 Å². The summed E-state index contributed by atoms with van der Waals surface area (Å²) < 4.78 is 19.5. The van der Waals surface area contributed by atoms with Crippen LogP contribution >= 0.6 is 0 Å². The van der Waals surface area contributed by atoms with Gasteiger partial charge in [-0.1, -0.05) is 32.9 Å². The Labute approximate surface area is 115 Å². The summed E-state index contributed by atoms with van der Waals surface area (Å²) in [5.74, 6) is 5.45. The van der Waals surface area contributed by atoms with Crippen LogP contribution in [0.25, 0.3) is 0 Å². The predicted molar refractivity (Wildman–Crippen MR) is 76.1 cm³/mol. The maximum absolute atomic E-state index is 13.7. The fraction of sp³-hybridized carbons (Fsp3) is 0.600. The zero-order valence-electron chi connectivity index (χ0n) is 12.5. The van der Waals surface area contributed by atoms with Crippen LogP contribution in [0.5, 0.6) is 0 Å². The average molecular weight is 268 g/mol. The highest BCUT2D eigenvalue weighted by molar-refractivity contribution is 5.27. The van der Waals surface area contributed by atoms with Gasteiger partial charge >= 0.3 is 0 Å². The van der Waals surface area contributed by atoms with E-state index in [1.807, 2.05) is 13.0 Å². The van der Waals surface area contributed by atoms with Crippen molar-refractivity contribution < 1.29 is 9.13 Å². The predicted octanol–water partition coefficient (Wildman–Crippen LogP) is 3.09. The highest BCUT2D eigenvalue weighted by atomic mass is 19.1. The Morgan fingerprint density at radius 2 is 2.00 bits per heavy atom. The van der Waals surface area contributed by atoms with Crippen molar-refractivity contribution in [3.63, 3.8) is 0 Å². The van der Waals surface area contributed by atoms with E-state index in [2.05, 4.69) is 26.2 Å². The van der Waals surface area contributed by atoms with Crippen molar-refractivity contribution in [1.82, 2.24) is 5.43 Å². The molecule has 108 valence electrons. The lowest BCUT2D eigenvalue weighted by molar-refractivity contribution is -0.0367. The summed E-state index contributed by atoms with van der Waals surface area (Å²) >= 11 is 0. The molecule has 0 radical (unpaired) electrons. The van der Waals surface area contributed by atoms with Gasteiger partial charge in [0, 0.05) is 6.61 Å². The lowest BCUT2D eigenvalue weighted by atomic mass is 9.82. The van der Waals surface area contributed by atoms with Crippen LogP contribution in [0.3, 0.4) is 0 Å². The SMILES string of the molecule is CCOC(C(NN)c1ccc(C)c(F)c1)C(C)(C)C. The second-order valence-electron chi connectivity index (χ2n) is 5.89.